The fraction of sp³-hybridized carbons (Fsp3) is 0.133. The summed E-state index contributed by atoms with van der Waals surface area (Å²) in [5.41, 5.74) is 1.09. The first-order valence-corrected chi connectivity index (χ1v) is 8.74. The smallest absolute Gasteiger partial charge is 0.341 e. The average Bonchev–Trinajstić information content (AvgIpc) is 2.46. The number of benzene rings is 2. The fourth-order valence-corrected chi connectivity index (χ4v) is 2.61. The zero-order valence-electron chi connectivity index (χ0n) is 12.1. The molecule has 2 N–H and O–H groups in total. The molecule has 2 aromatic carbocycles. The van der Waals surface area contributed by atoms with Gasteiger partial charge in [-0.2, -0.15) is 0 Å². The number of hydrogen-bond acceptors (Lipinski definition) is 5. The van der Waals surface area contributed by atoms with Crippen molar-refractivity contribution < 1.29 is 23.1 Å². The number of carboxylic acid groups (broad SMARTS) is 1. The van der Waals surface area contributed by atoms with Gasteiger partial charge in [0.05, 0.1) is 10.6 Å². The Kier molecular flexibility index (Phi) is 5.12. The van der Waals surface area contributed by atoms with Crippen LogP contribution in [0.15, 0.2) is 47.4 Å². The summed E-state index contributed by atoms with van der Waals surface area (Å²) in [6.45, 7) is -0.483. The number of rotatable bonds is 6. The second kappa shape index (κ2) is 6.89. The van der Waals surface area contributed by atoms with Gasteiger partial charge < -0.3 is 15.2 Å². The molecule has 0 saturated heterocycles. The quantitative estimate of drug-likeness (QED) is 0.827. The van der Waals surface area contributed by atoms with Crippen LogP contribution < -0.4 is 10.1 Å². The molecule has 122 valence electrons. The minimum Gasteiger partial charge on any atom is -0.480 e. The lowest BCUT2D eigenvalue weighted by molar-refractivity contribution is -0.139. The number of ether oxygens (including phenoxy) is 1. The molecule has 0 aliphatic carbocycles. The molecular weight excluding hydrogens is 342 g/mol. The Morgan fingerprint density at radius 3 is 2.43 bits per heavy atom. The standard InChI is InChI=1S/C15H14ClNO5S/c1-23(20,21)12-5-3-11(4-6-12)17-13-8-10(16)2-7-14(13)22-9-15(18)19/h2-8,17H,9H2,1H3,(H,18,19). The van der Waals surface area contributed by atoms with E-state index in [0.29, 0.717) is 22.1 Å². The maximum Gasteiger partial charge on any atom is 0.341 e. The lowest BCUT2D eigenvalue weighted by Crippen LogP contribution is -2.10. The highest BCUT2D eigenvalue weighted by atomic mass is 35.5. The van der Waals surface area contributed by atoms with Gasteiger partial charge in [-0.15, -0.1) is 0 Å². The Hall–Kier alpha value is -2.25. The van der Waals surface area contributed by atoms with Gasteiger partial charge in [0.25, 0.3) is 0 Å². The van der Waals surface area contributed by atoms with Gasteiger partial charge in [-0.1, -0.05) is 11.6 Å². The molecule has 0 heterocycles. The van der Waals surface area contributed by atoms with Crippen LogP contribution in [0.3, 0.4) is 0 Å². The molecule has 6 nitrogen and oxygen atoms in total. The van der Waals surface area contributed by atoms with Crippen molar-refractivity contribution in [2.24, 2.45) is 0 Å². The van der Waals surface area contributed by atoms with E-state index >= 15 is 0 Å². The molecule has 0 unspecified atom stereocenters. The molecule has 0 aliphatic rings. The molecule has 0 bridgehead atoms. The SMILES string of the molecule is CS(=O)(=O)c1ccc(Nc2cc(Cl)ccc2OCC(=O)O)cc1. The average molecular weight is 356 g/mol. The van der Waals surface area contributed by atoms with Gasteiger partial charge in [-0.05, 0) is 42.5 Å². The van der Waals surface area contributed by atoms with E-state index in [0.717, 1.165) is 6.26 Å². The van der Waals surface area contributed by atoms with Gasteiger partial charge in [0, 0.05) is 17.0 Å². The van der Waals surface area contributed by atoms with Crippen LogP contribution in [0, 0.1) is 0 Å². The number of aliphatic carboxylic acids is 1. The number of anilines is 2. The normalized spacial score (nSPS) is 11.0. The fourth-order valence-electron chi connectivity index (χ4n) is 1.81. The molecular formula is C15H14ClNO5S. The topological polar surface area (TPSA) is 92.7 Å². The highest BCUT2D eigenvalue weighted by molar-refractivity contribution is 7.90. The van der Waals surface area contributed by atoms with E-state index in [-0.39, 0.29) is 4.90 Å². The predicted octanol–water partition coefficient (Wildman–Crippen LogP) is 2.95. The van der Waals surface area contributed by atoms with E-state index in [1.807, 2.05) is 0 Å². The minimum absolute atomic E-state index is 0.205. The monoisotopic (exact) mass is 355 g/mol. The zero-order valence-corrected chi connectivity index (χ0v) is 13.7. The van der Waals surface area contributed by atoms with Crippen LogP contribution >= 0.6 is 11.6 Å². The van der Waals surface area contributed by atoms with Gasteiger partial charge in [0.1, 0.15) is 5.75 Å². The Balaban J connectivity index is 2.25. The van der Waals surface area contributed by atoms with Crippen molar-refractivity contribution in [2.45, 2.75) is 4.90 Å². The Bertz CT molecular complexity index is 818. The number of carboxylic acids is 1. The first kappa shape index (κ1) is 17.1. The Morgan fingerprint density at radius 1 is 1.22 bits per heavy atom. The third-order valence-electron chi connectivity index (χ3n) is 2.85. The number of halogens is 1. The van der Waals surface area contributed by atoms with Crippen molar-refractivity contribution >= 4 is 38.8 Å². The first-order valence-electron chi connectivity index (χ1n) is 6.47. The predicted molar refractivity (Wildman–Crippen MR) is 87.4 cm³/mol. The van der Waals surface area contributed by atoms with E-state index < -0.39 is 22.4 Å². The van der Waals surface area contributed by atoms with Crippen molar-refractivity contribution in [3.63, 3.8) is 0 Å². The molecule has 0 saturated carbocycles. The van der Waals surface area contributed by atoms with E-state index in [4.69, 9.17) is 21.4 Å². The van der Waals surface area contributed by atoms with E-state index in [2.05, 4.69) is 5.32 Å². The van der Waals surface area contributed by atoms with Gasteiger partial charge in [-0.3, -0.25) is 0 Å². The second-order valence-corrected chi connectivity index (χ2v) is 7.20. The highest BCUT2D eigenvalue weighted by Gasteiger charge is 2.09. The Labute approximate surface area is 138 Å². The highest BCUT2D eigenvalue weighted by Crippen LogP contribution is 2.31. The van der Waals surface area contributed by atoms with Crippen molar-refractivity contribution in [1.29, 1.82) is 0 Å². The van der Waals surface area contributed by atoms with Crippen molar-refractivity contribution in [3.05, 3.63) is 47.5 Å². The summed E-state index contributed by atoms with van der Waals surface area (Å²) in [5.74, 6) is -0.771. The van der Waals surface area contributed by atoms with Crippen LogP contribution in [-0.2, 0) is 14.6 Å². The molecule has 0 atom stereocenters. The second-order valence-electron chi connectivity index (χ2n) is 4.74. The summed E-state index contributed by atoms with van der Waals surface area (Å²) in [6, 6.07) is 10.9. The molecule has 2 aromatic rings. The largest absolute Gasteiger partial charge is 0.480 e. The number of carbonyl (C=O) groups is 1. The number of nitrogens with one attached hydrogen (secondary N) is 1. The van der Waals surface area contributed by atoms with Crippen LogP contribution in [0.2, 0.25) is 5.02 Å². The molecule has 0 radical (unpaired) electrons. The molecule has 8 heteroatoms. The van der Waals surface area contributed by atoms with Crippen LogP contribution in [0.5, 0.6) is 5.75 Å². The molecule has 0 fully saturated rings. The van der Waals surface area contributed by atoms with E-state index in [9.17, 15) is 13.2 Å². The first-order chi connectivity index (χ1) is 10.8. The molecule has 0 aromatic heterocycles. The number of sulfone groups is 1. The molecule has 2 rings (SSSR count). The summed E-state index contributed by atoms with van der Waals surface area (Å²) >= 11 is 5.94. The van der Waals surface area contributed by atoms with Crippen molar-refractivity contribution in [3.8, 4) is 5.75 Å². The lowest BCUT2D eigenvalue weighted by Gasteiger charge is -2.13. The molecule has 23 heavy (non-hydrogen) atoms. The van der Waals surface area contributed by atoms with Gasteiger partial charge in [0.2, 0.25) is 0 Å². The van der Waals surface area contributed by atoms with Crippen LogP contribution in [-0.4, -0.2) is 32.4 Å². The summed E-state index contributed by atoms with van der Waals surface area (Å²) in [4.78, 5) is 10.8. The maximum atomic E-state index is 11.4. The molecule has 0 amide bonds. The van der Waals surface area contributed by atoms with Gasteiger partial charge >= 0.3 is 5.97 Å². The van der Waals surface area contributed by atoms with E-state index in [1.54, 1.807) is 30.3 Å². The van der Waals surface area contributed by atoms with Gasteiger partial charge in [0.15, 0.2) is 16.4 Å². The molecule has 0 aliphatic heterocycles. The van der Waals surface area contributed by atoms with Crippen molar-refractivity contribution in [2.75, 3.05) is 18.2 Å². The summed E-state index contributed by atoms with van der Waals surface area (Å²) in [7, 11) is -3.26. The van der Waals surface area contributed by atoms with Crippen LogP contribution in [0.4, 0.5) is 11.4 Å². The maximum absolute atomic E-state index is 11.4. The van der Waals surface area contributed by atoms with Gasteiger partial charge in [-0.25, -0.2) is 13.2 Å². The zero-order chi connectivity index (χ0) is 17.0. The minimum atomic E-state index is -3.26. The third-order valence-corrected chi connectivity index (χ3v) is 4.22. The Morgan fingerprint density at radius 2 is 1.87 bits per heavy atom. The van der Waals surface area contributed by atoms with Crippen molar-refractivity contribution in [1.82, 2.24) is 0 Å². The summed E-state index contributed by atoms with van der Waals surface area (Å²) in [6.07, 6.45) is 1.13. The number of hydrogen-bond donors (Lipinski definition) is 2. The molecule has 0 spiro atoms. The van der Waals surface area contributed by atoms with Crippen LogP contribution in [0.1, 0.15) is 0 Å². The summed E-state index contributed by atoms with van der Waals surface area (Å²) < 4.78 is 28.1. The van der Waals surface area contributed by atoms with Crippen LogP contribution in [0.25, 0.3) is 0 Å². The van der Waals surface area contributed by atoms with E-state index in [1.165, 1.54) is 12.1 Å². The lowest BCUT2D eigenvalue weighted by atomic mass is 10.2. The summed E-state index contributed by atoms with van der Waals surface area (Å²) in [5, 5.41) is 12.2. The third kappa shape index (κ3) is 4.87.